The summed E-state index contributed by atoms with van der Waals surface area (Å²) in [6.45, 7) is 9.30. The monoisotopic (exact) mass is 290 g/mol. The van der Waals surface area contributed by atoms with Crippen molar-refractivity contribution in [2.75, 3.05) is 6.61 Å². The summed E-state index contributed by atoms with van der Waals surface area (Å²) in [4.78, 5) is 11.8. The van der Waals surface area contributed by atoms with Crippen LogP contribution in [0.2, 0.25) is 0 Å². The predicted molar refractivity (Wildman–Crippen MR) is 89.0 cm³/mol. The first-order valence-corrected chi connectivity index (χ1v) is 8.36. The first kappa shape index (κ1) is 17.7. The highest BCUT2D eigenvalue weighted by molar-refractivity contribution is 5.78. The zero-order valence-electron chi connectivity index (χ0n) is 14.1. The van der Waals surface area contributed by atoms with Crippen LogP contribution in [0.4, 0.5) is 0 Å². The third-order valence-corrected chi connectivity index (χ3v) is 3.70. The van der Waals surface area contributed by atoms with E-state index in [1.54, 1.807) is 0 Å². The Kier molecular flexibility index (Phi) is 8.11. The third-order valence-electron chi connectivity index (χ3n) is 3.70. The van der Waals surface area contributed by atoms with Crippen molar-refractivity contribution in [2.45, 2.75) is 66.2 Å². The van der Waals surface area contributed by atoms with Gasteiger partial charge in [-0.15, -0.1) is 0 Å². The Morgan fingerprint density at radius 3 is 2.52 bits per heavy atom. The highest BCUT2D eigenvalue weighted by atomic mass is 16.5. The minimum atomic E-state index is 0.394. The molecule has 0 fully saturated rings. The number of benzene rings is 1. The van der Waals surface area contributed by atoms with Crippen molar-refractivity contribution in [3.8, 4) is 5.75 Å². The zero-order valence-corrected chi connectivity index (χ0v) is 14.1. The molecule has 2 nitrogen and oxygen atoms in total. The van der Waals surface area contributed by atoms with Crippen LogP contribution in [0.5, 0.6) is 5.75 Å². The number of hydrogen-bond donors (Lipinski definition) is 0. The number of aryl methyl sites for hydroxylation is 1. The number of carbonyl (C=O) groups is 1. The van der Waals surface area contributed by atoms with E-state index >= 15 is 0 Å². The van der Waals surface area contributed by atoms with E-state index in [-0.39, 0.29) is 0 Å². The van der Waals surface area contributed by atoms with E-state index in [9.17, 15) is 4.79 Å². The number of rotatable bonds is 10. The average Bonchev–Trinajstić information content (AvgIpc) is 2.46. The van der Waals surface area contributed by atoms with Crippen LogP contribution >= 0.6 is 0 Å². The lowest BCUT2D eigenvalue weighted by atomic mass is 9.91. The molecule has 0 aliphatic rings. The van der Waals surface area contributed by atoms with Crippen molar-refractivity contribution in [3.05, 3.63) is 29.3 Å². The molecule has 21 heavy (non-hydrogen) atoms. The molecule has 0 saturated heterocycles. The van der Waals surface area contributed by atoms with Crippen LogP contribution in [0.1, 0.15) is 64.5 Å². The Hall–Kier alpha value is -1.31. The van der Waals surface area contributed by atoms with Gasteiger partial charge in [0.25, 0.3) is 0 Å². The number of ether oxygens (including phenoxy) is 1. The van der Waals surface area contributed by atoms with E-state index in [0.717, 1.165) is 44.5 Å². The van der Waals surface area contributed by atoms with Gasteiger partial charge in [-0.25, -0.2) is 0 Å². The molecule has 0 saturated carbocycles. The smallest absolute Gasteiger partial charge is 0.133 e. The Labute approximate surface area is 129 Å². The molecule has 118 valence electrons. The van der Waals surface area contributed by atoms with Gasteiger partial charge in [-0.3, -0.25) is 4.79 Å². The number of ketones is 1. The summed E-state index contributed by atoms with van der Waals surface area (Å²) in [7, 11) is 0. The van der Waals surface area contributed by atoms with E-state index in [1.807, 2.05) is 0 Å². The molecule has 2 heteroatoms. The molecule has 1 aromatic carbocycles. The first-order valence-electron chi connectivity index (χ1n) is 8.36. The summed E-state index contributed by atoms with van der Waals surface area (Å²) in [6.07, 6.45) is 5.38. The Morgan fingerprint density at radius 1 is 1.14 bits per heavy atom. The van der Waals surface area contributed by atoms with Gasteiger partial charge in [0.1, 0.15) is 11.5 Å². The predicted octanol–water partition coefficient (Wildman–Crippen LogP) is 4.98. The van der Waals surface area contributed by atoms with Crippen LogP contribution < -0.4 is 4.74 Å². The zero-order chi connectivity index (χ0) is 15.7. The molecule has 0 aliphatic heterocycles. The van der Waals surface area contributed by atoms with E-state index in [1.165, 1.54) is 11.1 Å². The number of Topliss-reactive ketones (excluding diaryl/α,β-unsaturated/α-hetero) is 1. The fourth-order valence-corrected chi connectivity index (χ4v) is 2.66. The van der Waals surface area contributed by atoms with Crippen molar-refractivity contribution < 1.29 is 9.53 Å². The molecule has 0 aliphatic carbocycles. The molecule has 1 unspecified atom stereocenters. The van der Waals surface area contributed by atoms with Crippen molar-refractivity contribution in [1.29, 1.82) is 0 Å². The number of hydrogen-bond acceptors (Lipinski definition) is 2. The second-order valence-corrected chi connectivity index (χ2v) is 5.93. The molecule has 1 aromatic rings. The molecule has 0 radical (unpaired) electrons. The van der Waals surface area contributed by atoms with Crippen molar-refractivity contribution in [2.24, 2.45) is 5.92 Å². The van der Waals surface area contributed by atoms with Gasteiger partial charge in [-0.1, -0.05) is 33.8 Å². The second kappa shape index (κ2) is 9.59. The minimum absolute atomic E-state index is 0.394. The fraction of sp³-hybridized carbons (Fsp3) is 0.632. The SMILES string of the molecule is CCCOc1ccc(CC(C)CC(=O)CCC)c(CC)c1. The molecular weight excluding hydrogens is 260 g/mol. The van der Waals surface area contributed by atoms with E-state index in [0.29, 0.717) is 18.1 Å². The van der Waals surface area contributed by atoms with Crippen molar-refractivity contribution >= 4 is 5.78 Å². The molecule has 0 amide bonds. The maximum atomic E-state index is 11.8. The summed E-state index contributed by atoms with van der Waals surface area (Å²) in [6, 6.07) is 6.39. The quantitative estimate of drug-likeness (QED) is 0.607. The van der Waals surface area contributed by atoms with Crippen LogP contribution in [0, 0.1) is 5.92 Å². The maximum absolute atomic E-state index is 11.8. The van der Waals surface area contributed by atoms with Crippen LogP contribution in [0.15, 0.2) is 18.2 Å². The molecule has 0 heterocycles. The second-order valence-electron chi connectivity index (χ2n) is 5.93. The molecular formula is C19H30O2. The van der Waals surface area contributed by atoms with E-state index in [2.05, 4.69) is 45.9 Å². The Bertz CT molecular complexity index is 437. The van der Waals surface area contributed by atoms with Gasteiger partial charge < -0.3 is 4.74 Å². The van der Waals surface area contributed by atoms with Crippen molar-refractivity contribution in [1.82, 2.24) is 0 Å². The average molecular weight is 290 g/mol. The van der Waals surface area contributed by atoms with Crippen molar-refractivity contribution in [3.63, 3.8) is 0 Å². The van der Waals surface area contributed by atoms with Crippen LogP contribution in [0.3, 0.4) is 0 Å². The summed E-state index contributed by atoms with van der Waals surface area (Å²) in [5.41, 5.74) is 2.71. The minimum Gasteiger partial charge on any atom is -0.494 e. The normalized spacial score (nSPS) is 12.2. The van der Waals surface area contributed by atoms with Gasteiger partial charge >= 0.3 is 0 Å². The van der Waals surface area contributed by atoms with Crippen LogP contribution in [-0.2, 0) is 17.6 Å². The Morgan fingerprint density at radius 2 is 1.90 bits per heavy atom. The van der Waals surface area contributed by atoms with Crippen LogP contribution in [-0.4, -0.2) is 12.4 Å². The fourth-order valence-electron chi connectivity index (χ4n) is 2.66. The molecule has 1 atom stereocenters. The van der Waals surface area contributed by atoms with Gasteiger partial charge in [0, 0.05) is 12.8 Å². The van der Waals surface area contributed by atoms with Crippen LogP contribution in [0.25, 0.3) is 0 Å². The number of carbonyl (C=O) groups excluding carboxylic acids is 1. The topological polar surface area (TPSA) is 26.3 Å². The van der Waals surface area contributed by atoms with Gasteiger partial charge in [0.05, 0.1) is 6.61 Å². The van der Waals surface area contributed by atoms with Gasteiger partial charge in [-0.05, 0) is 54.9 Å². The standard InChI is InChI=1S/C19H30O2/c1-5-8-18(20)13-15(4)12-17-9-10-19(21-11-6-2)14-16(17)7-3/h9-10,14-15H,5-8,11-13H2,1-4H3. The van der Waals surface area contributed by atoms with Gasteiger partial charge in [0.15, 0.2) is 0 Å². The molecule has 0 N–H and O–H groups in total. The van der Waals surface area contributed by atoms with E-state index < -0.39 is 0 Å². The Balaban J connectivity index is 2.67. The lowest BCUT2D eigenvalue weighted by Gasteiger charge is -2.15. The highest BCUT2D eigenvalue weighted by Crippen LogP contribution is 2.23. The molecule has 1 rings (SSSR count). The summed E-state index contributed by atoms with van der Waals surface area (Å²) in [5, 5.41) is 0. The lowest BCUT2D eigenvalue weighted by molar-refractivity contribution is -0.119. The van der Waals surface area contributed by atoms with Gasteiger partial charge in [-0.2, -0.15) is 0 Å². The summed E-state index contributed by atoms with van der Waals surface area (Å²) < 4.78 is 5.70. The van der Waals surface area contributed by atoms with E-state index in [4.69, 9.17) is 4.74 Å². The summed E-state index contributed by atoms with van der Waals surface area (Å²) in [5.74, 6) is 1.77. The first-order chi connectivity index (χ1) is 10.1. The largest absolute Gasteiger partial charge is 0.494 e. The molecule has 0 spiro atoms. The maximum Gasteiger partial charge on any atom is 0.133 e. The third kappa shape index (κ3) is 6.33. The molecule has 0 bridgehead atoms. The van der Waals surface area contributed by atoms with Gasteiger partial charge in [0.2, 0.25) is 0 Å². The lowest BCUT2D eigenvalue weighted by Crippen LogP contribution is -2.09. The molecule has 0 aromatic heterocycles. The highest BCUT2D eigenvalue weighted by Gasteiger charge is 2.12. The summed E-state index contributed by atoms with van der Waals surface area (Å²) >= 11 is 0.